The summed E-state index contributed by atoms with van der Waals surface area (Å²) < 4.78 is 4.82. The van der Waals surface area contributed by atoms with Gasteiger partial charge in [-0.15, -0.1) is 0 Å². The minimum atomic E-state index is -1.55. The first-order valence-electron chi connectivity index (χ1n) is 6.89. The molecule has 0 heterocycles. The van der Waals surface area contributed by atoms with Crippen LogP contribution in [-0.4, -0.2) is 57.9 Å². The summed E-state index contributed by atoms with van der Waals surface area (Å²) in [6.07, 6.45) is -2.85. The molecule has 0 radical (unpaired) electrons. The summed E-state index contributed by atoms with van der Waals surface area (Å²) in [5.41, 5.74) is 1.13. The predicted octanol–water partition coefficient (Wildman–Crippen LogP) is -0.372. The highest BCUT2D eigenvalue weighted by atomic mass is 16.5. The van der Waals surface area contributed by atoms with Crippen molar-refractivity contribution in [1.29, 1.82) is 0 Å². The van der Waals surface area contributed by atoms with Gasteiger partial charge in [-0.2, -0.15) is 0 Å². The summed E-state index contributed by atoms with van der Waals surface area (Å²) >= 11 is 0. The number of carbonyl (C=O) groups is 1. The van der Waals surface area contributed by atoms with Gasteiger partial charge in [0.25, 0.3) is 0 Å². The molecular formula is C15H22O6. The third-order valence-electron chi connectivity index (χ3n) is 3.08. The van der Waals surface area contributed by atoms with E-state index in [-0.39, 0.29) is 6.42 Å². The van der Waals surface area contributed by atoms with Crippen molar-refractivity contribution in [3.63, 3.8) is 0 Å². The highest BCUT2D eigenvalue weighted by Gasteiger charge is 2.25. The van der Waals surface area contributed by atoms with E-state index in [2.05, 4.69) is 0 Å². The van der Waals surface area contributed by atoms with Gasteiger partial charge >= 0.3 is 5.97 Å². The number of aryl methyl sites for hydroxylation is 1. The van der Waals surface area contributed by atoms with E-state index in [1.54, 1.807) is 0 Å². The van der Waals surface area contributed by atoms with E-state index in [9.17, 15) is 15.0 Å². The number of hydrogen-bond donors (Lipinski definition) is 4. The van der Waals surface area contributed by atoms with E-state index in [1.807, 2.05) is 30.3 Å². The molecule has 0 bridgehead atoms. The Morgan fingerprint density at radius 2 is 1.76 bits per heavy atom. The molecular weight excluding hydrogens is 276 g/mol. The van der Waals surface area contributed by atoms with Crippen LogP contribution in [0.2, 0.25) is 0 Å². The Hall–Kier alpha value is -1.47. The number of benzene rings is 1. The van der Waals surface area contributed by atoms with Gasteiger partial charge in [-0.3, -0.25) is 4.79 Å². The molecule has 0 fully saturated rings. The summed E-state index contributed by atoms with van der Waals surface area (Å²) in [4.78, 5) is 11.5. The third-order valence-corrected chi connectivity index (χ3v) is 3.08. The second-order valence-electron chi connectivity index (χ2n) is 4.83. The molecule has 0 amide bonds. The number of aliphatic hydroxyl groups is 4. The van der Waals surface area contributed by atoms with Crippen LogP contribution in [0.4, 0.5) is 0 Å². The molecule has 0 aromatic heterocycles. The zero-order valence-electron chi connectivity index (χ0n) is 11.8. The van der Waals surface area contributed by atoms with Crippen molar-refractivity contribution in [3.8, 4) is 0 Å². The maximum atomic E-state index is 11.5. The zero-order valence-corrected chi connectivity index (χ0v) is 11.8. The van der Waals surface area contributed by atoms with E-state index in [1.165, 1.54) is 0 Å². The van der Waals surface area contributed by atoms with Gasteiger partial charge in [-0.1, -0.05) is 30.3 Å². The van der Waals surface area contributed by atoms with Gasteiger partial charge < -0.3 is 25.2 Å². The molecule has 0 saturated heterocycles. The molecule has 1 rings (SSSR count). The minimum Gasteiger partial charge on any atom is -0.463 e. The number of aliphatic hydroxyl groups excluding tert-OH is 4. The monoisotopic (exact) mass is 298 g/mol. The van der Waals surface area contributed by atoms with E-state index in [0.717, 1.165) is 12.0 Å². The Balaban J connectivity index is 2.19. The fraction of sp³-hybridized carbons (Fsp3) is 0.533. The van der Waals surface area contributed by atoms with E-state index in [4.69, 9.17) is 14.9 Å². The van der Waals surface area contributed by atoms with E-state index < -0.39 is 37.5 Å². The molecule has 21 heavy (non-hydrogen) atoms. The SMILES string of the molecule is O=C(CCCc1ccccc1)OC[C@H](O)[C@@H](O)[C@H](O)CO. The fourth-order valence-electron chi connectivity index (χ4n) is 1.80. The predicted molar refractivity (Wildman–Crippen MR) is 75.4 cm³/mol. The van der Waals surface area contributed by atoms with Crippen molar-refractivity contribution in [2.75, 3.05) is 13.2 Å². The van der Waals surface area contributed by atoms with Gasteiger partial charge in [-0.25, -0.2) is 0 Å². The summed E-state index contributed by atoms with van der Waals surface area (Å²) in [7, 11) is 0. The quantitative estimate of drug-likeness (QED) is 0.463. The average Bonchev–Trinajstić information content (AvgIpc) is 2.52. The van der Waals surface area contributed by atoms with Crippen molar-refractivity contribution < 1.29 is 30.0 Å². The third kappa shape index (κ3) is 6.68. The first-order chi connectivity index (χ1) is 10.0. The van der Waals surface area contributed by atoms with Crippen molar-refractivity contribution in [3.05, 3.63) is 35.9 Å². The lowest BCUT2D eigenvalue weighted by molar-refractivity contribution is -0.152. The molecule has 0 aliphatic carbocycles. The maximum Gasteiger partial charge on any atom is 0.305 e. The molecule has 1 aromatic carbocycles. The van der Waals surface area contributed by atoms with Gasteiger partial charge in [0.15, 0.2) is 0 Å². The van der Waals surface area contributed by atoms with Gasteiger partial charge in [0.1, 0.15) is 24.9 Å². The average molecular weight is 298 g/mol. The number of rotatable bonds is 9. The van der Waals surface area contributed by atoms with Crippen LogP contribution in [0.5, 0.6) is 0 Å². The van der Waals surface area contributed by atoms with Crippen LogP contribution in [0.3, 0.4) is 0 Å². The fourth-order valence-corrected chi connectivity index (χ4v) is 1.80. The Labute approximate surface area is 123 Å². The summed E-state index contributed by atoms with van der Waals surface area (Å²) in [6, 6.07) is 9.73. The summed E-state index contributed by atoms with van der Waals surface area (Å²) in [6.45, 7) is -1.09. The Bertz CT molecular complexity index is 408. The second kappa shape index (κ2) is 9.46. The number of ether oxygens (including phenoxy) is 1. The normalized spacial score (nSPS) is 15.2. The first kappa shape index (κ1) is 17.6. The van der Waals surface area contributed by atoms with Crippen LogP contribution in [0.15, 0.2) is 30.3 Å². The zero-order chi connectivity index (χ0) is 15.7. The molecule has 3 atom stereocenters. The molecule has 1 aromatic rings. The highest BCUT2D eigenvalue weighted by Crippen LogP contribution is 2.06. The number of hydrogen-bond acceptors (Lipinski definition) is 6. The Morgan fingerprint density at radius 1 is 1.10 bits per heavy atom. The molecule has 6 heteroatoms. The lowest BCUT2D eigenvalue weighted by Gasteiger charge is -2.21. The minimum absolute atomic E-state index is 0.209. The lowest BCUT2D eigenvalue weighted by Crippen LogP contribution is -2.42. The number of esters is 1. The van der Waals surface area contributed by atoms with Crippen LogP contribution in [0.25, 0.3) is 0 Å². The molecule has 0 saturated carbocycles. The van der Waals surface area contributed by atoms with Crippen molar-refractivity contribution >= 4 is 5.97 Å². The van der Waals surface area contributed by atoms with Crippen molar-refractivity contribution in [1.82, 2.24) is 0 Å². The molecule has 0 unspecified atom stereocenters. The van der Waals surface area contributed by atoms with Gasteiger partial charge in [0.2, 0.25) is 0 Å². The van der Waals surface area contributed by atoms with Crippen LogP contribution < -0.4 is 0 Å². The van der Waals surface area contributed by atoms with Crippen LogP contribution in [0, 0.1) is 0 Å². The maximum absolute atomic E-state index is 11.5. The van der Waals surface area contributed by atoms with Crippen molar-refractivity contribution in [2.24, 2.45) is 0 Å². The second-order valence-corrected chi connectivity index (χ2v) is 4.83. The number of carbonyl (C=O) groups excluding carboxylic acids is 1. The highest BCUT2D eigenvalue weighted by molar-refractivity contribution is 5.69. The van der Waals surface area contributed by atoms with Crippen LogP contribution in [-0.2, 0) is 16.0 Å². The summed E-state index contributed by atoms with van der Waals surface area (Å²) in [5, 5.41) is 36.6. The van der Waals surface area contributed by atoms with Crippen LogP contribution in [0.1, 0.15) is 18.4 Å². The summed E-state index contributed by atoms with van der Waals surface area (Å²) in [5.74, 6) is -0.476. The molecule has 118 valence electrons. The van der Waals surface area contributed by atoms with Crippen molar-refractivity contribution in [2.45, 2.75) is 37.6 Å². The smallest absolute Gasteiger partial charge is 0.305 e. The first-order valence-corrected chi connectivity index (χ1v) is 6.89. The van der Waals surface area contributed by atoms with Gasteiger partial charge in [-0.05, 0) is 18.4 Å². The Kier molecular flexibility index (Phi) is 7.92. The van der Waals surface area contributed by atoms with E-state index in [0.29, 0.717) is 6.42 Å². The molecule has 0 aliphatic rings. The molecule has 0 aliphatic heterocycles. The van der Waals surface area contributed by atoms with Gasteiger partial charge in [0, 0.05) is 6.42 Å². The molecule has 6 nitrogen and oxygen atoms in total. The largest absolute Gasteiger partial charge is 0.463 e. The molecule has 4 N–H and O–H groups in total. The van der Waals surface area contributed by atoms with E-state index >= 15 is 0 Å². The Morgan fingerprint density at radius 3 is 2.38 bits per heavy atom. The standard InChI is InChI=1S/C15H22O6/c16-9-12(17)15(20)13(18)10-21-14(19)8-4-7-11-5-2-1-3-6-11/h1-3,5-6,12-13,15-18,20H,4,7-10H2/t12-,13+,15+/m1/s1. The topological polar surface area (TPSA) is 107 Å². The van der Waals surface area contributed by atoms with Gasteiger partial charge in [0.05, 0.1) is 6.61 Å². The lowest BCUT2D eigenvalue weighted by atomic mass is 10.1. The molecule has 0 spiro atoms. The van der Waals surface area contributed by atoms with Crippen LogP contribution >= 0.6 is 0 Å².